The summed E-state index contributed by atoms with van der Waals surface area (Å²) in [5.41, 5.74) is 7.24. The zero-order chi connectivity index (χ0) is 14.8. The van der Waals surface area contributed by atoms with Crippen molar-refractivity contribution in [3.8, 4) is 0 Å². The van der Waals surface area contributed by atoms with Gasteiger partial charge in [-0.15, -0.1) is 11.3 Å². The lowest BCUT2D eigenvalue weighted by Gasteiger charge is -2.18. The number of nitrogens with zero attached hydrogens (tertiary/aromatic N) is 1. The van der Waals surface area contributed by atoms with E-state index in [4.69, 9.17) is 5.73 Å². The van der Waals surface area contributed by atoms with Gasteiger partial charge in [-0.25, -0.2) is 4.98 Å². The number of rotatable bonds is 4. The van der Waals surface area contributed by atoms with E-state index in [1.54, 1.807) is 11.3 Å². The van der Waals surface area contributed by atoms with Crippen molar-refractivity contribution in [1.82, 2.24) is 4.98 Å². The van der Waals surface area contributed by atoms with Crippen LogP contribution in [0, 0.1) is 11.8 Å². The fourth-order valence-corrected chi connectivity index (χ4v) is 4.71. The van der Waals surface area contributed by atoms with E-state index >= 15 is 0 Å². The molecule has 1 saturated carbocycles. The van der Waals surface area contributed by atoms with E-state index in [1.165, 1.54) is 23.4 Å². The van der Waals surface area contributed by atoms with Gasteiger partial charge in [0.1, 0.15) is 0 Å². The number of hydrogen-bond acceptors (Lipinski definition) is 4. The molecule has 2 aliphatic rings. The lowest BCUT2D eigenvalue weighted by molar-refractivity contribution is -0.117. The van der Waals surface area contributed by atoms with E-state index in [-0.39, 0.29) is 11.9 Å². The Bertz CT molecular complexity index is 514. The maximum absolute atomic E-state index is 12.1. The average Bonchev–Trinajstić information content (AvgIpc) is 3.04. The first kappa shape index (κ1) is 15.0. The Morgan fingerprint density at radius 2 is 2.29 bits per heavy atom. The van der Waals surface area contributed by atoms with Crippen molar-refractivity contribution in [2.45, 2.75) is 64.3 Å². The summed E-state index contributed by atoms with van der Waals surface area (Å²) in [6, 6.07) is 0.200. The average molecular weight is 307 g/mol. The fraction of sp³-hybridized carbons (Fsp3) is 0.750. The number of carbonyl (C=O) groups is 1. The second kappa shape index (κ2) is 6.44. The Labute approximate surface area is 130 Å². The lowest BCUT2D eigenvalue weighted by atomic mass is 9.89. The van der Waals surface area contributed by atoms with E-state index < -0.39 is 0 Å². The normalized spacial score (nSPS) is 28.4. The van der Waals surface area contributed by atoms with E-state index in [0.717, 1.165) is 43.2 Å². The highest BCUT2D eigenvalue weighted by Crippen LogP contribution is 2.34. The highest BCUT2D eigenvalue weighted by Gasteiger charge is 2.27. The van der Waals surface area contributed by atoms with Crippen molar-refractivity contribution < 1.29 is 4.79 Å². The molecule has 0 radical (unpaired) electrons. The number of nitrogens with one attached hydrogen (secondary N) is 1. The Morgan fingerprint density at radius 1 is 1.43 bits per heavy atom. The molecule has 2 aliphatic carbocycles. The Hall–Kier alpha value is -0.940. The number of hydrogen-bond donors (Lipinski definition) is 2. The van der Waals surface area contributed by atoms with Crippen molar-refractivity contribution in [1.29, 1.82) is 0 Å². The van der Waals surface area contributed by atoms with Gasteiger partial charge in [0.05, 0.1) is 5.69 Å². The first-order chi connectivity index (χ1) is 10.2. The summed E-state index contributed by atoms with van der Waals surface area (Å²) in [5.74, 6) is 1.22. The van der Waals surface area contributed by atoms with E-state index in [0.29, 0.717) is 12.3 Å². The molecule has 1 aromatic rings. The second-order valence-corrected chi connectivity index (χ2v) is 7.60. The summed E-state index contributed by atoms with van der Waals surface area (Å²) < 4.78 is 0. The van der Waals surface area contributed by atoms with Crippen LogP contribution >= 0.6 is 11.3 Å². The first-order valence-corrected chi connectivity index (χ1v) is 9.01. The molecule has 1 aromatic heterocycles. The van der Waals surface area contributed by atoms with Crippen LogP contribution in [0.2, 0.25) is 0 Å². The minimum absolute atomic E-state index is 0.0792. The van der Waals surface area contributed by atoms with E-state index in [1.807, 2.05) is 0 Å². The molecule has 0 bridgehead atoms. The molecule has 3 N–H and O–H groups in total. The van der Waals surface area contributed by atoms with Gasteiger partial charge in [0.25, 0.3) is 0 Å². The molecular weight excluding hydrogens is 282 g/mol. The molecule has 3 atom stereocenters. The van der Waals surface area contributed by atoms with Crippen LogP contribution in [0.1, 0.15) is 56.0 Å². The summed E-state index contributed by atoms with van der Waals surface area (Å²) in [6.45, 7) is 2.25. The molecular formula is C16H25N3OS. The molecule has 116 valence electrons. The van der Waals surface area contributed by atoms with Crippen LogP contribution in [-0.2, 0) is 17.6 Å². The minimum Gasteiger partial charge on any atom is -0.327 e. The summed E-state index contributed by atoms with van der Waals surface area (Å²) in [6.07, 6.45) is 8.51. The van der Waals surface area contributed by atoms with Gasteiger partial charge in [-0.1, -0.05) is 19.8 Å². The zero-order valence-corrected chi connectivity index (χ0v) is 13.5. The van der Waals surface area contributed by atoms with Crippen molar-refractivity contribution in [2.24, 2.45) is 17.6 Å². The molecule has 0 saturated heterocycles. The Balaban J connectivity index is 1.58. The molecule has 1 amide bonds. The molecule has 0 aliphatic heterocycles. The Morgan fingerprint density at radius 3 is 3.00 bits per heavy atom. The van der Waals surface area contributed by atoms with Crippen molar-refractivity contribution in [3.63, 3.8) is 0 Å². The van der Waals surface area contributed by atoms with E-state index in [2.05, 4.69) is 17.2 Å². The molecule has 4 nitrogen and oxygen atoms in total. The predicted molar refractivity (Wildman–Crippen MR) is 86.5 cm³/mol. The van der Waals surface area contributed by atoms with Gasteiger partial charge >= 0.3 is 0 Å². The number of carbonyl (C=O) groups excluding carboxylic acids is 1. The van der Waals surface area contributed by atoms with Crippen molar-refractivity contribution >= 4 is 22.4 Å². The number of amides is 1. The molecule has 1 unspecified atom stereocenters. The summed E-state index contributed by atoms with van der Waals surface area (Å²) in [4.78, 5) is 18.1. The topological polar surface area (TPSA) is 68.0 Å². The van der Waals surface area contributed by atoms with Crippen molar-refractivity contribution in [2.75, 3.05) is 5.32 Å². The summed E-state index contributed by atoms with van der Waals surface area (Å²) >= 11 is 1.67. The van der Waals surface area contributed by atoms with Crippen LogP contribution in [0.4, 0.5) is 5.13 Å². The van der Waals surface area contributed by atoms with Crippen LogP contribution in [0.25, 0.3) is 0 Å². The summed E-state index contributed by atoms with van der Waals surface area (Å²) in [5, 5.41) is 3.78. The third kappa shape index (κ3) is 3.46. The van der Waals surface area contributed by atoms with E-state index in [9.17, 15) is 4.79 Å². The van der Waals surface area contributed by atoms with Crippen molar-refractivity contribution in [3.05, 3.63) is 10.6 Å². The Kier molecular flexibility index (Phi) is 4.60. The second-order valence-electron chi connectivity index (χ2n) is 6.51. The zero-order valence-electron chi connectivity index (χ0n) is 12.7. The standard InChI is InChI=1S/C16H25N3OS/c1-2-10-6-7-13-14(8-10)21-16(18-13)19-15(20)9-11-4-3-5-12(11)17/h10-12H,2-9,17H2,1H3,(H,18,19,20)/t10?,11-,12+/m0/s1. The van der Waals surface area contributed by atoms with Gasteiger partial charge in [-0.05, 0) is 43.9 Å². The monoisotopic (exact) mass is 307 g/mol. The van der Waals surface area contributed by atoms with Crippen LogP contribution in [0.5, 0.6) is 0 Å². The van der Waals surface area contributed by atoms with Gasteiger partial charge in [-0.2, -0.15) is 0 Å². The maximum Gasteiger partial charge on any atom is 0.226 e. The SMILES string of the molecule is CCC1CCc2nc(NC(=O)C[C@@H]3CCC[C@H]3N)sc2C1. The maximum atomic E-state index is 12.1. The lowest BCUT2D eigenvalue weighted by Crippen LogP contribution is -2.28. The molecule has 5 heteroatoms. The number of anilines is 1. The number of aromatic nitrogens is 1. The van der Waals surface area contributed by atoms with Crippen LogP contribution in [0.3, 0.4) is 0 Å². The number of aryl methyl sites for hydroxylation is 1. The third-order valence-corrected chi connectivity index (χ3v) is 6.07. The molecule has 1 heterocycles. The molecule has 1 fully saturated rings. The fourth-order valence-electron chi connectivity index (χ4n) is 3.57. The van der Waals surface area contributed by atoms with Gasteiger partial charge in [0, 0.05) is 17.3 Å². The molecule has 3 rings (SSSR count). The smallest absolute Gasteiger partial charge is 0.226 e. The number of fused-ring (bicyclic) bond motifs is 1. The number of nitrogens with two attached hydrogens (primary N) is 1. The van der Waals surface area contributed by atoms with Gasteiger partial charge in [0.15, 0.2) is 5.13 Å². The molecule has 0 aromatic carbocycles. The molecule has 21 heavy (non-hydrogen) atoms. The van der Waals surface area contributed by atoms with Crippen LogP contribution < -0.4 is 11.1 Å². The minimum atomic E-state index is 0.0792. The molecule has 0 spiro atoms. The van der Waals surface area contributed by atoms with Gasteiger partial charge in [-0.3, -0.25) is 4.79 Å². The third-order valence-electron chi connectivity index (χ3n) is 5.03. The van der Waals surface area contributed by atoms with Crippen LogP contribution in [0.15, 0.2) is 0 Å². The first-order valence-electron chi connectivity index (χ1n) is 8.19. The quantitative estimate of drug-likeness (QED) is 0.898. The highest BCUT2D eigenvalue weighted by atomic mass is 32.1. The highest BCUT2D eigenvalue weighted by molar-refractivity contribution is 7.15. The predicted octanol–water partition coefficient (Wildman–Crippen LogP) is 3.11. The largest absolute Gasteiger partial charge is 0.327 e. The van der Waals surface area contributed by atoms with Gasteiger partial charge in [0.2, 0.25) is 5.91 Å². The summed E-state index contributed by atoms with van der Waals surface area (Å²) in [7, 11) is 0. The van der Waals surface area contributed by atoms with Crippen LogP contribution in [-0.4, -0.2) is 16.9 Å². The number of thiazole rings is 1. The van der Waals surface area contributed by atoms with Gasteiger partial charge < -0.3 is 11.1 Å².